The van der Waals surface area contributed by atoms with Gasteiger partial charge in [-0.3, -0.25) is 5.32 Å². The molecule has 0 aromatic carbocycles. The number of rotatable bonds is 8. The lowest BCUT2D eigenvalue weighted by atomic mass is 9.95. The van der Waals surface area contributed by atoms with Crippen molar-refractivity contribution in [2.45, 2.75) is 83.2 Å². The highest BCUT2D eigenvalue weighted by molar-refractivity contribution is 5.03. The summed E-state index contributed by atoms with van der Waals surface area (Å²) in [5.41, 5.74) is -0.329. The van der Waals surface area contributed by atoms with Crippen molar-refractivity contribution in [1.82, 2.24) is 10.2 Å². The van der Waals surface area contributed by atoms with Crippen LogP contribution in [0, 0.1) is 17.2 Å². The summed E-state index contributed by atoms with van der Waals surface area (Å²) in [4.78, 5) is 2.76. The molecule has 120 valence electrons. The first-order chi connectivity index (χ1) is 10.2. The third-order valence-electron chi connectivity index (χ3n) is 5.54. The molecule has 2 atom stereocenters. The smallest absolute Gasteiger partial charge is 0.103 e. The fourth-order valence-corrected chi connectivity index (χ4v) is 4.37. The molecule has 1 aliphatic heterocycles. The molecule has 0 spiro atoms. The summed E-state index contributed by atoms with van der Waals surface area (Å²) in [6, 6.07) is 3.31. The molecule has 1 heterocycles. The molecule has 0 radical (unpaired) electrons. The molecule has 0 aromatic rings. The lowest BCUT2D eigenvalue weighted by Crippen LogP contribution is -2.41. The molecule has 2 unspecified atom stereocenters. The number of hydrogen-bond donors (Lipinski definition) is 1. The van der Waals surface area contributed by atoms with Gasteiger partial charge in [0, 0.05) is 6.04 Å². The second-order valence-electron chi connectivity index (χ2n) is 7.22. The molecule has 2 rings (SSSR count). The van der Waals surface area contributed by atoms with Gasteiger partial charge in [-0.1, -0.05) is 19.8 Å². The molecule has 2 fully saturated rings. The third-order valence-corrected chi connectivity index (χ3v) is 5.54. The molecular formula is C18H33N3. The van der Waals surface area contributed by atoms with E-state index in [1.54, 1.807) is 0 Å². The largest absolute Gasteiger partial charge is 0.300 e. The van der Waals surface area contributed by atoms with Crippen molar-refractivity contribution in [3.05, 3.63) is 0 Å². The molecule has 1 saturated carbocycles. The standard InChI is InChI=1S/C18H33N3/c1-3-20-18(2,15-19)12-6-7-13-21-14-8-11-17(21)16-9-4-5-10-16/h16-17,20H,3-14H2,1-2H3. The number of nitrogens with zero attached hydrogens (tertiary/aromatic N) is 2. The summed E-state index contributed by atoms with van der Waals surface area (Å²) in [5, 5.41) is 12.6. The summed E-state index contributed by atoms with van der Waals surface area (Å²) in [7, 11) is 0. The van der Waals surface area contributed by atoms with Crippen LogP contribution in [-0.4, -0.2) is 36.1 Å². The first kappa shape index (κ1) is 16.8. The third kappa shape index (κ3) is 4.69. The second-order valence-corrected chi connectivity index (χ2v) is 7.22. The van der Waals surface area contributed by atoms with Crippen LogP contribution < -0.4 is 5.32 Å². The Bertz CT molecular complexity index is 343. The van der Waals surface area contributed by atoms with Crippen LogP contribution in [0.15, 0.2) is 0 Å². The summed E-state index contributed by atoms with van der Waals surface area (Å²) in [6.45, 7) is 7.54. The molecule has 21 heavy (non-hydrogen) atoms. The van der Waals surface area contributed by atoms with Gasteiger partial charge in [0.05, 0.1) is 6.07 Å². The Balaban J connectivity index is 1.69. The Labute approximate surface area is 131 Å². The summed E-state index contributed by atoms with van der Waals surface area (Å²) >= 11 is 0. The fourth-order valence-electron chi connectivity index (χ4n) is 4.37. The molecule has 1 saturated heterocycles. The zero-order valence-electron chi connectivity index (χ0n) is 14.0. The van der Waals surface area contributed by atoms with Gasteiger partial charge in [0.1, 0.15) is 5.54 Å². The van der Waals surface area contributed by atoms with Crippen molar-refractivity contribution in [2.75, 3.05) is 19.6 Å². The summed E-state index contributed by atoms with van der Waals surface area (Å²) < 4.78 is 0. The minimum absolute atomic E-state index is 0.329. The molecule has 3 heteroatoms. The lowest BCUT2D eigenvalue weighted by molar-refractivity contribution is 0.186. The van der Waals surface area contributed by atoms with E-state index < -0.39 is 0 Å². The number of nitrogens with one attached hydrogen (secondary N) is 1. The molecule has 2 aliphatic rings. The average molecular weight is 291 g/mol. The van der Waals surface area contributed by atoms with Crippen LogP contribution >= 0.6 is 0 Å². The maximum Gasteiger partial charge on any atom is 0.103 e. The van der Waals surface area contributed by atoms with E-state index in [1.165, 1.54) is 58.0 Å². The van der Waals surface area contributed by atoms with Crippen molar-refractivity contribution >= 4 is 0 Å². The van der Waals surface area contributed by atoms with Gasteiger partial charge in [-0.05, 0) is 77.4 Å². The minimum Gasteiger partial charge on any atom is -0.300 e. The SMILES string of the molecule is CCNC(C)(C#N)CCCCN1CCCC1C1CCCC1. The van der Waals surface area contributed by atoms with Gasteiger partial charge in [-0.2, -0.15) is 5.26 Å². The average Bonchev–Trinajstić information content (AvgIpc) is 3.14. The normalized spacial score (nSPS) is 26.8. The zero-order valence-corrected chi connectivity index (χ0v) is 14.0. The molecule has 1 aliphatic carbocycles. The summed E-state index contributed by atoms with van der Waals surface area (Å²) in [5.74, 6) is 0.985. The van der Waals surface area contributed by atoms with Crippen LogP contribution in [0.3, 0.4) is 0 Å². The molecule has 0 aromatic heterocycles. The van der Waals surface area contributed by atoms with Crippen LogP contribution in [-0.2, 0) is 0 Å². The van der Waals surface area contributed by atoms with E-state index in [9.17, 15) is 5.26 Å². The molecule has 0 amide bonds. The number of unbranched alkanes of at least 4 members (excludes halogenated alkanes) is 1. The number of hydrogen-bond acceptors (Lipinski definition) is 3. The maximum absolute atomic E-state index is 9.29. The van der Waals surface area contributed by atoms with Crippen LogP contribution in [0.5, 0.6) is 0 Å². The maximum atomic E-state index is 9.29. The predicted molar refractivity (Wildman–Crippen MR) is 88.1 cm³/mol. The van der Waals surface area contributed by atoms with E-state index in [0.29, 0.717) is 0 Å². The van der Waals surface area contributed by atoms with Crippen molar-refractivity contribution < 1.29 is 0 Å². The van der Waals surface area contributed by atoms with Crippen LogP contribution in [0.25, 0.3) is 0 Å². The van der Waals surface area contributed by atoms with Gasteiger partial charge in [0.15, 0.2) is 0 Å². The minimum atomic E-state index is -0.329. The van der Waals surface area contributed by atoms with E-state index in [0.717, 1.165) is 31.3 Å². The van der Waals surface area contributed by atoms with Crippen LogP contribution in [0.1, 0.15) is 71.6 Å². The Morgan fingerprint density at radius 3 is 2.62 bits per heavy atom. The van der Waals surface area contributed by atoms with E-state index >= 15 is 0 Å². The highest BCUT2D eigenvalue weighted by Gasteiger charge is 2.32. The first-order valence-electron chi connectivity index (χ1n) is 9.09. The van der Waals surface area contributed by atoms with Crippen LogP contribution in [0.4, 0.5) is 0 Å². The van der Waals surface area contributed by atoms with Crippen molar-refractivity contribution in [2.24, 2.45) is 5.92 Å². The van der Waals surface area contributed by atoms with E-state index in [2.05, 4.69) is 23.2 Å². The van der Waals surface area contributed by atoms with Crippen LogP contribution in [0.2, 0.25) is 0 Å². The van der Waals surface area contributed by atoms with Gasteiger partial charge in [0.25, 0.3) is 0 Å². The predicted octanol–water partition coefficient (Wildman–Crippen LogP) is 3.70. The second kappa shape index (κ2) is 8.15. The van der Waals surface area contributed by atoms with Crippen molar-refractivity contribution in [3.8, 4) is 6.07 Å². The molecule has 0 bridgehead atoms. The molecule has 3 nitrogen and oxygen atoms in total. The zero-order chi connectivity index (χ0) is 15.1. The Kier molecular flexibility index (Phi) is 6.51. The summed E-state index contributed by atoms with van der Waals surface area (Å²) in [6.07, 6.45) is 12.0. The Hall–Kier alpha value is -0.590. The first-order valence-corrected chi connectivity index (χ1v) is 9.09. The number of likely N-dealkylation sites (tertiary alicyclic amines) is 1. The molecule has 1 N–H and O–H groups in total. The Morgan fingerprint density at radius 2 is 1.95 bits per heavy atom. The van der Waals surface area contributed by atoms with E-state index in [4.69, 9.17) is 0 Å². The van der Waals surface area contributed by atoms with E-state index in [-0.39, 0.29) is 5.54 Å². The van der Waals surface area contributed by atoms with Gasteiger partial charge in [0.2, 0.25) is 0 Å². The quantitative estimate of drug-likeness (QED) is 0.693. The highest BCUT2D eigenvalue weighted by Crippen LogP contribution is 2.35. The molecular weight excluding hydrogens is 258 g/mol. The monoisotopic (exact) mass is 291 g/mol. The topological polar surface area (TPSA) is 39.1 Å². The van der Waals surface area contributed by atoms with Gasteiger partial charge >= 0.3 is 0 Å². The van der Waals surface area contributed by atoms with Gasteiger partial charge in [-0.25, -0.2) is 0 Å². The Morgan fingerprint density at radius 1 is 1.19 bits per heavy atom. The van der Waals surface area contributed by atoms with Gasteiger partial charge < -0.3 is 4.90 Å². The van der Waals surface area contributed by atoms with E-state index in [1.807, 2.05) is 6.92 Å². The van der Waals surface area contributed by atoms with Crippen molar-refractivity contribution in [3.63, 3.8) is 0 Å². The fraction of sp³-hybridized carbons (Fsp3) is 0.944. The van der Waals surface area contributed by atoms with Gasteiger partial charge in [-0.15, -0.1) is 0 Å². The van der Waals surface area contributed by atoms with Crippen molar-refractivity contribution in [1.29, 1.82) is 5.26 Å². The highest BCUT2D eigenvalue weighted by atomic mass is 15.2. The lowest BCUT2D eigenvalue weighted by Gasteiger charge is -2.30. The number of nitriles is 1.